The van der Waals surface area contributed by atoms with E-state index in [2.05, 4.69) is 12.2 Å². The first kappa shape index (κ1) is 19.1. The minimum atomic E-state index is -0.250. The summed E-state index contributed by atoms with van der Waals surface area (Å²) < 4.78 is 10.4. The average Bonchev–Trinajstić information content (AvgIpc) is 2.65. The van der Waals surface area contributed by atoms with Crippen molar-refractivity contribution in [2.45, 2.75) is 51.6 Å². The number of methoxy groups -OCH3 is 2. The van der Waals surface area contributed by atoms with E-state index in [0.717, 1.165) is 37.8 Å². The van der Waals surface area contributed by atoms with Gasteiger partial charge in [-0.25, -0.2) is 0 Å². The third kappa shape index (κ3) is 5.11. The zero-order valence-electron chi connectivity index (χ0n) is 15.3. The predicted molar refractivity (Wildman–Crippen MR) is 95.7 cm³/mol. The highest BCUT2D eigenvalue weighted by atomic mass is 16.5. The zero-order chi connectivity index (χ0) is 18.2. The SMILES string of the molecule is CCC1CCCCN1C(=O)CC(=O)NCc1ccc(OC)c(OC)c1. The van der Waals surface area contributed by atoms with Crippen molar-refractivity contribution in [3.05, 3.63) is 23.8 Å². The van der Waals surface area contributed by atoms with Gasteiger partial charge in [-0.05, 0) is 43.4 Å². The fourth-order valence-corrected chi connectivity index (χ4v) is 3.25. The smallest absolute Gasteiger partial charge is 0.232 e. The summed E-state index contributed by atoms with van der Waals surface area (Å²) in [6.07, 6.45) is 4.07. The van der Waals surface area contributed by atoms with Crippen molar-refractivity contribution in [3.8, 4) is 11.5 Å². The van der Waals surface area contributed by atoms with Gasteiger partial charge in [-0.3, -0.25) is 9.59 Å². The van der Waals surface area contributed by atoms with Crippen LogP contribution >= 0.6 is 0 Å². The topological polar surface area (TPSA) is 67.9 Å². The molecule has 2 rings (SSSR count). The number of nitrogens with one attached hydrogen (secondary N) is 1. The molecule has 1 saturated heterocycles. The van der Waals surface area contributed by atoms with Crippen LogP contribution in [-0.4, -0.2) is 43.5 Å². The Morgan fingerprint density at radius 1 is 1.20 bits per heavy atom. The molecule has 1 aromatic rings. The number of amides is 2. The van der Waals surface area contributed by atoms with Crippen molar-refractivity contribution in [1.29, 1.82) is 0 Å². The van der Waals surface area contributed by atoms with Crippen LogP contribution in [-0.2, 0) is 16.1 Å². The first-order chi connectivity index (χ1) is 12.1. The highest BCUT2D eigenvalue weighted by Crippen LogP contribution is 2.27. The van der Waals surface area contributed by atoms with Gasteiger partial charge >= 0.3 is 0 Å². The number of hydrogen-bond acceptors (Lipinski definition) is 4. The Balaban J connectivity index is 1.87. The molecule has 6 heteroatoms. The van der Waals surface area contributed by atoms with Gasteiger partial charge in [-0.2, -0.15) is 0 Å². The number of benzene rings is 1. The molecule has 0 saturated carbocycles. The van der Waals surface area contributed by atoms with Gasteiger partial charge in [0, 0.05) is 19.1 Å². The second-order valence-corrected chi connectivity index (χ2v) is 6.29. The standard InChI is InChI=1S/C19H28N2O4/c1-4-15-7-5-6-10-21(15)19(23)12-18(22)20-13-14-8-9-16(24-2)17(11-14)25-3/h8-9,11,15H,4-7,10,12-13H2,1-3H3,(H,20,22). The fraction of sp³-hybridized carbons (Fsp3) is 0.579. The van der Waals surface area contributed by atoms with Gasteiger partial charge in [0.2, 0.25) is 11.8 Å². The van der Waals surface area contributed by atoms with Crippen LogP contribution in [0, 0.1) is 0 Å². The Morgan fingerprint density at radius 2 is 1.96 bits per heavy atom. The maximum Gasteiger partial charge on any atom is 0.232 e. The number of likely N-dealkylation sites (tertiary alicyclic amines) is 1. The van der Waals surface area contributed by atoms with Crippen LogP contribution in [0.25, 0.3) is 0 Å². The van der Waals surface area contributed by atoms with E-state index in [-0.39, 0.29) is 24.3 Å². The Morgan fingerprint density at radius 3 is 2.64 bits per heavy atom. The van der Waals surface area contributed by atoms with Gasteiger partial charge < -0.3 is 19.7 Å². The van der Waals surface area contributed by atoms with Gasteiger partial charge in [0.1, 0.15) is 6.42 Å². The molecule has 6 nitrogen and oxygen atoms in total. The Bertz CT molecular complexity index is 603. The lowest BCUT2D eigenvalue weighted by molar-refractivity contribution is -0.139. The normalized spacial score (nSPS) is 17.1. The number of carbonyl (C=O) groups is 2. The Kier molecular flexibility index (Phi) is 7.10. The number of hydrogen-bond donors (Lipinski definition) is 1. The number of rotatable bonds is 7. The second-order valence-electron chi connectivity index (χ2n) is 6.29. The molecule has 138 valence electrons. The summed E-state index contributed by atoms with van der Waals surface area (Å²) in [7, 11) is 3.15. The molecule has 1 fully saturated rings. The first-order valence-corrected chi connectivity index (χ1v) is 8.86. The van der Waals surface area contributed by atoms with Crippen molar-refractivity contribution < 1.29 is 19.1 Å². The van der Waals surface area contributed by atoms with Gasteiger partial charge in [0.05, 0.1) is 14.2 Å². The van der Waals surface area contributed by atoms with Crippen LogP contribution in [0.4, 0.5) is 0 Å². The lowest BCUT2D eigenvalue weighted by Gasteiger charge is -2.35. The van der Waals surface area contributed by atoms with E-state index in [1.165, 1.54) is 0 Å². The maximum atomic E-state index is 12.4. The molecule has 2 amide bonds. The van der Waals surface area contributed by atoms with Crippen molar-refractivity contribution in [2.24, 2.45) is 0 Å². The Hall–Kier alpha value is -2.24. The van der Waals surface area contributed by atoms with E-state index in [1.54, 1.807) is 20.3 Å². The number of piperidine rings is 1. The van der Waals surface area contributed by atoms with Crippen LogP contribution in [0.5, 0.6) is 11.5 Å². The maximum absolute atomic E-state index is 12.4. The summed E-state index contributed by atoms with van der Waals surface area (Å²) in [6.45, 7) is 3.21. The van der Waals surface area contributed by atoms with E-state index < -0.39 is 0 Å². The van der Waals surface area contributed by atoms with Gasteiger partial charge in [-0.15, -0.1) is 0 Å². The molecule has 0 spiro atoms. The highest BCUT2D eigenvalue weighted by molar-refractivity contribution is 5.97. The van der Waals surface area contributed by atoms with E-state index in [9.17, 15) is 9.59 Å². The summed E-state index contributed by atoms with van der Waals surface area (Å²) in [5.41, 5.74) is 0.892. The van der Waals surface area contributed by atoms with Crippen molar-refractivity contribution in [2.75, 3.05) is 20.8 Å². The van der Waals surface area contributed by atoms with E-state index in [1.807, 2.05) is 17.0 Å². The summed E-state index contributed by atoms with van der Waals surface area (Å²) in [5.74, 6) is 0.935. The summed E-state index contributed by atoms with van der Waals surface area (Å²) in [4.78, 5) is 26.4. The molecule has 25 heavy (non-hydrogen) atoms. The van der Waals surface area contributed by atoms with Crippen LogP contribution in [0.15, 0.2) is 18.2 Å². The van der Waals surface area contributed by atoms with Gasteiger partial charge in [-0.1, -0.05) is 13.0 Å². The van der Waals surface area contributed by atoms with Crippen LogP contribution in [0.3, 0.4) is 0 Å². The lowest BCUT2D eigenvalue weighted by atomic mass is 9.99. The summed E-state index contributed by atoms with van der Waals surface area (Å²) in [5, 5.41) is 2.81. The molecule has 0 aliphatic carbocycles. The zero-order valence-corrected chi connectivity index (χ0v) is 15.3. The molecule has 1 N–H and O–H groups in total. The van der Waals surface area contributed by atoms with Crippen LogP contribution in [0.2, 0.25) is 0 Å². The first-order valence-electron chi connectivity index (χ1n) is 8.86. The molecule has 1 atom stereocenters. The van der Waals surface area contributed by atoms with Crippen molar-refractivity contribution in [1.82, 2.24) is 10.2 Å². The van der Waals surface area contributed by atoms with Crippen LogP contribution < -0.4 is 14.8 Å². The van der Waals surface area contributed by atoms with Crippen molar-refractivity contribution in [3.63, 3.8) is 0 Å². The number of nitrogens with zero attached hydrogens (tertiary/aromatic N) is 1. The molecular weight excluding hydrogens is 320 g/mol. The number of carbonyl (C=O) groups excluding carboxylic acids is 2. The minimum Gasteiger partial charge on any atom is -0.493 e. The lowest BCUT2D eigenvalue weighted by Crippen LogP contribution is -2.45. The molecule has 0 bridgehead atoms. The largest absolute Gasteiger partial charge is 0.493 e. The molecule has 0 radical (unpaired) electrons. The molecular formula is C19H28N2O4. The number of ether oxygens (including phenoxy) is 2. The van der Waals surface area contributed by atoms with E-state index in [4.69, 9.17) is 9.47 Å². The van der Waals surface area contributed by atoms with Gasteiger partial charge in [0.25, 0.3) is 0 Å². The third-order valence-corrected chi connectivity index (χ3v) is 4.67. The molecule has 1 aliphatic rings. The quantitative estimate of drug-likeness (QED) is 0.769. The highest BCUT2D eigenvalue weighted by Gasteiger charge is 2.26. The average molecular weight is 348 g/mol. The van der Waals surface area contributed by atoms with E-state index >= 15 is 0 Å². The molecule has 1 aromatic carbocycles. The molecule has 1 heterocycles. The third-order valence-electron chi connectivity index (χ3n) is 4.67. The second kappa shape index (κ2) is 9.30. The van der Waals surface area contributed by atoms with E-state index in [0.29, 0.717) is 18.0 Å². The minimum absolute atomic E-state index is 0.0728. The monoisotopic (exact) mass is 348 g/mol. The molecule has 1 aliphatic heterocycles. The summed E-state index contributed by atoms with van der Waals surface area (Å²) >= 11 is 0. The fourth-order valence-electron chi connectivity index (χ4n) is 3.25. The van der Waals surface area contributed by atoms with Crippen molar-refractivity contribution >= 4 is 11.8 Å². The summed E-state index contributed by atoms with van der Waals surface area (Å²) in [6, 6.07) is 5.75. The Labute approximate surface area is 149 Å². The van der Waals surface area contributed by atoms with Crippen LogP contribution in [0.1, 0.15) is 44.6 Å². The predicted octanol–water partition coefficient (Wildman–Crippen LogP) is 2.50. The molecule has 0 aromatic heterocycles. The van der Waals surface area contributed by atoms with Gasteiger partial charge in [0.15, 0.2) is 11.5 Å². The molecule has 1 unspecified atom stereocenters.